The van der Waals surface area contributed by atoms with Gasteiger partial charge in [0.15, 0.2) is 5.78 Å². The van der Waals surface area contributed by atoms with E-state index < -0.39 is 35.8 Å². The van der Waals surface area contributed by atoms with Gasteiger partial charge in [0.05, 0.1) is 16.3 Å². The third kappa shape index (κ3) is 4.52. The summed E-state index contributed by atoms with van der Waals surface area (Å²) in [4.78, 5) is 24.9. The van der Waals surface area contributed by atoms with Gasteiger partial charge in [-0.05, 0) is 35.7 Å². The van der Waals surface area contributed by atoms with Crippen LogP contribution in [-0.4, -0.2) is 23.6 Å². The van der Waals surface area contributed by atoms with Crippen molar-refractivity contribution in [1.82, 2.24) is 5.43 Å². The summed E-state index contributed by atoms with van der Waals surface area (Å²) in [5.41, 5.74) is 0.370. The zero-order valence-electron chi connectivity index (χ0n) is 15.8. The Morgan fingerprint density at radius 2 is 1.78 bits per heavy atom. The van der Waals surface area contributed by atoms with E-state index in [0.29, 0.717) is 10.1 Å². The van der Waals surface area contributed by atoms with E-state index in [4.69, 9.17) is 11.6 Å². The van der Waals surface area contributed by atoms with Gasteiger partial charge in [-0.25, -0.2) is 9.82 Å². The van der Waals surface area contributed by atoms with Crippen LogP contribution in [0.1, 0.15) is 25.8 Å². The van der Waals surface area contributed by atoms with Crippen molar-refractivity contribution in [2.75, 3.05) is 0 Å². The maximum absolute atomic E-state index is 13.4. The molecule has 0 saturated heterocycles. The number of benzene rings is 2. The van der Waals surface area contributed by atoms with Crippen molar-refractivity contribution in [1.29, 1.82) is 0 Å². The Balaban J connectivity index is 1.57. The van der Waals surface area contributed by atoms with Gasteiger partial charge in [-0.3, -0.25) is 9.59 Å². The second-order valence-corrected chi connectivity index (χ2v) is 9.15. The highest BCUT2D eigenvalue weighted by molar-refractivity contribution is 7.21. The normalized spacial score (nSPS) is 12.5. The minimum atomic E-state index is -4.94. The average molecular weight is 499 g/mol. The molecule has 11 heteroatoms. The molecule has 0 saturated carbocycles. The van der Waals surface area contributed by atoms with Crippen molar-refractivity contribution >= 4 is 71.8 Å². The number of rotatable bonds is 5. The lowest BCUT2D eigenvalue weighted by Gasteiger charge is -2.09. The molecule has 4 aromatic rings. The largest absolute Gasteiger partial charge is 0.431 e. The Morgan fingerprint density at radius 1 is 1.03 bits per heavy atom. The predicted molar refractivity (Wildman–Crippen MR) is 119 cm³/mol. The highest BCUT2D eigenvalue weighted by Gasteiger charge is 2.38. The first-order valence-electron chi connectivity index (χ1n) is 8.97. The van der Waals surface area contributed by atoms with Gasteiger partial charge in [0, 0.05) is 14.8 Å². The summed E-state index contributed by atoms with van der Waals surface area (Å²) >= 11 is 8.01. The van der Waals surface area contributed by atoms with E-state index >= 15 is 0 Å². The van der Waals surface area contributed by atoms with E-state index in [1.54, 1.807) is 24.3 Å². The van der Waals surface area contributed by atoms with E-state index in [0.717, 1.165) is 44.9 Å². The number of ketones is 1. The zero-order valence-corrected chi connectivity index (χ0v) is 18.2. The van der Waals surface area contributed by atoms with Crippen molar-refractivity contribution in [2.45, 2.75) is 12.6 Å². The lowest BCUT2D eigenvalue weighted by Crippen LogP contribution is -2.30. The predicted octanol–water partition coefficient (Wildman–Crippen LogP) is 6.83. The van der Waals surface area contributed by atoms with Crippen LogP contribution in [0, 0.1) is 5.82 Å². The van der Waals surface area contributed by atoms with Gasteiger partial charge in [0.2, 0.25) is 0 Å². The number of Topliss-reactive ketones (excluding diaryl/α,β-unsaturated/α-hetero) is 1. The minimum Gasteiger partial charge on any atom is -0.293 e. The first-order valence-corrected chi connectivity index (χ1v) is 11.0. The number of hydrazone groups is 1. The molecule has 0 atom stereocenters. The highest BCUT2D eigenvalue weighted by atomic mass is 35.5. The van der Waals surface area contributed by atoms with Gasteiger partial charge in [-0.15, -0.1) is 22.7 Å². The standard InChI is InChI=1S/C21H11ClF4N2O2S2/c22-18-12-6-5-11(23)8-15(12)32-19(18)20(30)28-27-17(21(24,25)26)9-13(29)16-7-10-3-1-2-4-14(10)31-16/h1-8H,9H2,(H,28,30). The fourth-order valence-electron chi connectivity index (χ4n) is 2.92. The molecular formula is C21H11ClF4N2O2S2. The van der Waals surface area contributed by atoms with Crippen molar-refractivity contribution in [3.8, 4) is 0 Å². The first kappa shape index (κ1) is 22.4. The van der Waals surface area contributed by atoms with E-state index in [9.17, 15) is 27.2 Å². The molecule has 2 aromatic carbocycles. The maximum atomic E-state index is 13.4. The number of carbonyl (C=O) groups excluding carboxylic acids is 2. The second-order valence-electron chi connectivity index (χ2n) is 6.63. The van der Waals surface area contributed by atoms with Gasteiger partial charge < -0.3 is 0 Å². The van der Waals surface area contributed by atoms with Crippen LogP contribution in [0.3, 0.4) is 0 Å². The maximum Gasteiger partial charge on any atom is 0.431 e. The SMILES string of the molecule is O=C(CC(=NNC(=O)c1sc2cc(F)ccc2c1Cl)C(F)(F)F)c1cc2ccccc2s1. The molecule has 0 aliphatic heterocycles. The molecule has 0 unspecified atom stereocenters. The number of amides is 1. The van der Waals surface area contributed by atoms with Crippen LogP contribution in [0.25, 0.3) is 20.2 Å². The zero-order chi connectivity index (χ0) is 23.0. The van der Waals surface area contributed by atoms with Crippen LogP contribution >= 0.6 is 34.3 Å². The summed E-state index contributed by atoms with van der Waals surface area (Å²) in [6, 6.07) is 12.2. The number of fused-ring (bicyclic) bond motifs is 2. The molecule has 2 heterocycles. The van der Waals surface area contributed by atoms with Crippen molar-refractivity contribution in [2.24, 2.45) is 5.10 Å². The summed E-state index contributed by atoms with van der Waals surface area (Å²) in [5, 5.41) is 4.29. The third-order valence-electron chi connectivity index (χ3n) is 4.45. The topological polar surface area (TPSA) is 58.5 Å². The third-order valence-corrected chi connectivity index (χ3v) is 7.26. The van der Waals surface area contributed by atoms with E-state index in [1.807, 2.05) is 5.43 Å². The molecular weight excluding hydrogens is 488 g/mol. The average Bonchev–Trinajstić information content (AvgIpc) is 3.31. The van der Waals surface area contributed by atoms with Crippen LogP contribution in [-0.2, 0) is 0 Å². The Kier molecular flexibility index (Phi) is 6.02. The molecule has 164 valence electrons. The fraction of sp³-hybridized carbons (Fsp3) is 0.0952. The molecule has 0 spiro atoms. The lowest BCUT2D eigenvalue weighted by atomic mass is 10.1. The molecule has 1 amide bonds. The molecule has 4 nitrogen and oxygen atoms in total. The second kappa shape index (κ2) is 8.61. The van der Waals surface area contributed by atoms with Crippen LogP contribution < -0.4 is 5.43 Å². The summed E-state index contributed by atoms with van der Waals surface area (Å²) in [6.45, 7) is 0. The molecule has 1 N–H and O–H groups in total. The minimum absolute atomic E-state index is 0.0207. The molecule has 2 aromatic heterocycles. The quantitative estimate of drug-likeness (QED) is 0.142. The number of halogens is 5. The smallest absolute Gasteiger partial charge is 0.293 e. The molecule has 0 bridgehead atoms. The van der Waals surface area contributed by atoms with Crippen molar-refractivity contribution in [3.05, 3.63) is 69.1 Å². The molecule has 0 aliphatic carbocycles. The van der Waals surface area contributed by atoms with Gasteiger partial charge in [-0.2, -0.15) is 18.3 Å². The Hall–Kier alpha value is -2.82. The monoisotopic (exact) mass is 498 g/mol. The van der Waals surface area contributed by atoms with Crippen LogP contribution in [0.2, 0.25) is 5.02 Å². The summed E-state index contributed by atoms with van der Waals surface area (Å²) in [7, 11) is 0. The molecule has 32 heavy (non-hydrogen) atoms. The molecule has 0 radical (unpaired) electrons. The number of nitrogens with one attached hydrogen (secondary N) is 1. The number of alkyl halides is 3. The Morgan fingerprint density at radius 3 is 2.50 bits per heavy atom. The molecule has 0 aliphatic rings. The van der Waals surface area contributed by atoms with Gasteiger partial charge >= 0.3 is 6.18 Å². The number of hydrogen-bond donors (Lipinski definition) is 1. The van der Waals surface area contributed by atoms with Gasteiger partial charge in [-0.1, -0.05) is 29.8 Å². The van der Waals surface area contributed by atoms with E-state index in [-0.39, 0.29) is 14.8 Å². The molecule has 0 fully saturated rings. The number of hydrogen-bond acceptors (Lipinski definition) is 5. The summed E-state index contributed by atoms with van der Waals surface area (Å²) in [5.74, 6) is -2.31. The summed E-state index contributed by atoms with van der Waals surface area (Å²) in [6.07, 6.45) is -5.98. The first-order chi connectivity index (χ1) is 15.1. The summed E-state index contributed by atoms with van der Waals surface area (Å²) < 4.78 is 54.9. The Labute approximate surface area is 191 Å². The lowest BCUT2D eigenvalue weighted by molar-refractivity contribution is -0.0605. The van der Waals surface area contributed by atoms with Crippen molar-refractivity contribution < 1.29 is 27.2 Å². The number of nitrogens with zero attached hydrogens (tertiary/aromatic N) is 1. The molecule has 4 rings (SSSR count). The fourth-order valence-corrected chi connectivity index (χ4v) is 5.35. The Bertz CT molecular complexity index is 1360. The number of thiophene rings is 2. The van der Waals surface area contributed by atoms with Gasteiger partial charge in [0.25, 0.3) is 5.91 Å². The van der Waals surface area contributed by atoms with E-state index in [2.05, 4.69) is 5.10 Å². The van der Waals surface area contributed by atoms with Gasteiger partial charge in [0.1, 0.15) is 16.4 Å². The number of carbonyl (C=O) groups is 2. The van der Waals surface area contributed by atoms with Crippen LogP contribution in [0.5, 0.6) is 0 Å². The highest BCUT2D eigenvalue weighted by Crippen LogP contribution is 2.35. The van der Waals surface area contributed by atoms with Crippen molar-refractivity contribution in [3.63, 3.8) is 0 Å². The van der Waals surface area contributed by atoms with Crippen LogP contribution in [0.15, 0.2) is 53.6 Å². The van der Waals surface area contributed by atoms with E-state index in [1.165, 1.54) is 12.1 Å². The van der Waals surface area contributed by atoms with Crippen LogP contribution in [0.4, 0.5) is 17.6 Å².